The second-order valence-corrected chi connectivity index (χ2v) is 13.6. The molecule has 0 unspecified atom stereocenters. The predicted molar refractivity (Wildman–Crippen MR) is 151 cm³/mol. The summed E-state index contributed by atoms with van der Waals surface area (Å²) >= 11 is 3.66. The third kappa shape index (κ3) is 8.11. The van der Waals surface area contributed by atoms with Crippen molar-refractivity contribution < 1.29 is 19.1 Å². The van der Waals surface area contributed by atoms with Gasteiger partial charge in [-0.2, -0.15) is 0 Å². The van der Waals surface area contributed by atoms with Gasteiger partial charge in [-0.3, -0.25) is 5.32 Å². The standard InChI is InChI=1S/C28H39N3O4S2/c1-17(2)34-26(32)30-19-11-9-18(10-12-19)25-29-16-24(37-25)22-14-13-20(31-27(33)35-28(3,4)5)15-23(22)36-21-7-6-8-21/h13-19,21H,6-12H2,1-5H3,(H,30,32)(H,31,33). The van der Waals surface area contributed by atoms with Crippen LogP contribution in [0.3, 0.4) is 0 Å². The van der Waals surface area contributed by atoms with E-state index < -0.39 is 11.7 Å². The predicted octanol–water partition coefficient (Wildman–Crippen LogP) is 7.96. The molecule has 7 nitrogen and oxygen atoms in total. The lowest BCUT2D eigenvalue weighted by atomic mass is 9.86. The molecule has 2 saturated carbocycles. The highest BCUT2D eigenvalue weighted by atomic mass is 32.2. The lowest BCUT2D eigenvalue weighted by molar-refractivity contribution is 0.0635. The number of hydrogen-bond donors (Lipinski definition) is 2. The van der Waals surface area contributed by atoms with E-state index in [2.05, 4.69) is 22.8 Å². The number of rotatable bonds is 7. The maximum Gasteiger partial charge on any atom is 0.412 e. The molecule has 0 spiro atoms. The molecule has 1 aromatic heterocycles. The number of amides is 2. The number of alkyl carbamates (subject to hydrolysis) is 1. The van der Waals surface area contributed by atoms with E-state index >= 15 is 0 Å². The number of ether oxygens (including phenoxy) is 2. The quantitative estimate of drug-likeness (QED) is 0.367. The number of anilines is 1. The van der Waals surface area contributed by atoms with Crippen LogP contribution >= 0.6 is 23.1 Å². The van der Waals surface area contributed by atoms with E-state index in [4.69, 9.17) is 14.5 Å². The van der Waals surface area contributed by atoms with Crippen molar-refractivity contribution in [2.75, 3.05) is 5.32 Å². The van der Waals surface area contributed by atoms with E-state index in [0.29, 0.717) is 11.2 Å². The van der Waals surface area contributed by atoms with Gasteiger partial charge in [0.05, 0.1) is 16.0 Å². The van der Waals surface area contributed by atoms with Crippen molar-refractivity contribution in [3.05, 3.63) is 29.4 Å². The third-order valence-electron chi connectivity index (χ3n) is 6.50. The Balaban J connectivity index is 1.43. The van der Waals surface area contributed by atoms with Crippen LogP contribution in [0.15, 0.2) is 29.3 Å². The summed E-state index contributed by atoms with van der Waals surface area (Å²) in [6, 6.07) is 6.26. The zero-order valence-electron chi connectivity index (χ0n) is 22.5. The largest absolute Gasteiger partial charge is 0.447 e. The Labute approximate surface area is 228 Å². The van der Waals surface area contributed by atoms with E-state index in [0.717, 1.165) is 41.3 Å². The number of thiazole rings is 1. The van der Waals surface area contributed by atoms with Gasteiger partial charge in [-0.1, -0.05) is 12.5 Å². The molecular weight excluding hydrogens is 506 g/mol. The molecule has 0 saturated heterocycles. The van der Waals surface area contributed by atoms with Gasteiger partial charge in [0, 0.05) is 39.6 Å². The molecule has 0 atom stereocenters. The summed E-state index contributed by atoms with van der Waals surface area (Å²) < 4.78 is 10.7. The number of carbonyl (C=O) groups is 2. The maximum atomic E-state index is 12.3. The highest BCUT2D eigenvalue weighted by Gasteiger charge is 2.27. The first-order valence-corrected chi connectivity index (χ1v) is 15.0. The number of benzene rings is 1. The molecule has 2 aliphatic carbocycles. The maximum absolute atomic E-state index is 12.3. The van der Waals surface area contributed by atoms with Crippen LogP contribution in [0.1, 0.15) is 90.5 Å². The lowest BCUT2D eigenvalue weighted by Gasteiger charge is -2.28. The third-order valence-corrected chi connectivity index (χ3v) is 9.09. The summed E-state index contributed by atoms with van der Waals surface area (Å²) in [5.41, 5.74) is 1.37. The lowest BCUT2D eigenvalue weighted by Crippen LogP contribution is -2.38. The summed E-state index contributed by atoms with van der Waals surface area (Å²) in [5, 5.41) is 7.67. The van der Waals surface area contributed by atoms with Crippen LogP contribution in [0.25, 0.3) is 10.4 Å². The minimum absolute atomic E-state index is 0.111. The number of thioether (sulfide) groups is 1. The van der Waals surface area contributed by atoms with Gasteiger partial charge in [0.25, 0.3) is 0 Å². The van der Waals surface area contributed by atoms with Crippen LogP contribution in [0, 0.1) is 0 Å². The highest BCUT2D eigenvalue weighted by Crippen LogP contribution is 2.44. The van der Waals surface area contributed by atoms with Gasteiger partial charge in [-0.25, -0.2) is 14.6 Å². The summed E-state index contributed by atoms with van der Waals surface area (Å²) in [7, 11) is 0. The first-order chi connectivity index (χ1) is 17.6. The van der Waals surface area contributed by atoms with Crippen molar-refractivity contribution in [2.24, 2.45) is 0 Å². The minimum atomic E-state index is -0.542. The smallest absolute Gasteiger partial charge is 0.412 e. The second-order valence-electron chi connectivity index (χ2n) is 11.2. The normalized spacial score (nSPS) is 20.3. The zero-order valence-corrected chi connectivity index (χ0v) is 24.1. The average Bonchev–Trinajstić information content (AvgIpc) is 3.25. The second kappa shape index (κ2) is 12.1. The van der Waals surface area contributed by atoms with Crippen LogP contribution < -0.4 is 10.6 Å². The van der Waals surface area contributed by atoms with Crippen LogP contribution in [0.4, 0.5) is 15.3 Å². The summed E-state index contributed by atoms with van der Waals surface area (Å²) in [6.45, 7) is 9.30. The van der Waals surface area contributed by atoms with Crippen molar-refractivity contribution in [3.8, 4) is 10.4 Å². The van der Waals surface area contributed by atoms with Crippen molar-refractivity contribution in [3.63, 3.8) is 0 Å². The van der Waals surface area contributed by atoms with Crippen molar-refractivity contribution in [1.82, 2.24) is 10.3 Å². The summed E-state index contributed by atoms with van der Waals surface area (Å²) in [6.07, 6.45) is 8.71. The summed E-state index contributed by atoms with van der Waals surface area (Å²) in [5.74, 6) is 0.411. The minimum Gasteiger partial charge on any atom is -0.447 e. The fraction of sp³-hybridized carbons (Fsp3) is 0.607. The first-order valence-electron chi connectivity index (χ1n) is 13.3. The Hall–Kier alpha value is -2.26. The van der Waals surface area contributed by atoms with Gasteiger partial charge in [-0.15, -0.1) is 23.1 Å². The van der Waals surface area contributed by atoms with Crippen LogP contribution in [-0.4, -0.2) is 40.2 Å². The Bertz CT molecular complexity index is 1080. The molecule has 2 fully saturated rings. The molecule has 202 valence electrons. The van der Waals surface area contributed by atoms with E-state index in [-0.39, 0.29) is 18.2 Å². The molecule has 2 N–H and O–H groups in total. The molecule has 9 heteroatoms. The van der Waals surface area contributed by atoms with Crippen LogP contribution in [0.2, 0.25) is 0 Å². The molecule has 2 aliphatic rings. The molecule has 0 bridgehead atoms. The van der Waals surface area contributed by atoms with Crippen molar-refractivity contribution in [1.29, 1.82) is 0 Å². The van der Waals surface area contributed by atoms with Gasteiger partial charge >= 0.3 is 12.2 Å². The van der Waals surface area contributed by atoms with E-state index in [1.165, 1.54) is 29.7 Å². The van der Waals surface area contributed by atoms with Gasteiger partial charge in [0.2, 0.25) is 0 Å². The summed E-state index contributed by atoms with van der Waals surface area (Å²) in [4.78, 5) is 31.4. The van der Waals surface area contributed by atoms with Gasteiger partial charge in [0.15, 0.2) is 0 Å². The fourth-order valence-electron chi connectivity index (χ4n) is 4.49. The SMILES string of the molecule is CC(C)OC(=O)NC1CCC(c2ncc(-c3ccc(NC(=O)OC(C)(C)C)cc3SC3CCC3)s2)CC1. The molecule has 2 amide bonds. The van der Waals surface area contributed by atoms with Gasteiger partial charge < -0.3 is 14.8 Å². The molecule has 1 heterocycles. The Morgan fingerprint density at radius 1 is 1.08 bits per heavy atom. The molecule has 1 aromatic carbocycles. The molecule has 4 rings (SSSR count). The molecule has 2 aromatic rings. The molecular formula is C28H39N3O4S2. The molecule has 37 heavy (non-hydrogen) atoms. The van der Waals surface area contributed by atoms with E-state index in [9.17, 15) is 9.59 Å². The first kappa shape index (κ1) is 27.8. The number of nitrogens with zero attached hydrogens (tertiary/aromatic N) is 1. The Morgan fingerprint density at radius 2 is 1.81 bits per heavy atom. The molecule has 0 radical (unpaired) electrons. The average molecular weight is 546 g/mol. The van der Waals surface area contributed by atoms with Gasteiger partial charge in [-0.05, 0) is 85.3 Å². The fourth-order valence-corrected chi connectivity index (χ4v) is 7.11. The Kier molecular flexibility index (Phi) is 9.06. The van der Waals surface area contributed by atoms with Crippen LogP contribution in [0.5, 0.6) is 0 Å². The van der Waals surface area contributed by atoms with Crippen LogP contribution in [-0.2, 0) is 9.47 Å². The van der Waals surface area contributed by atoms with Gasteiger partial charge in [0.1, 0.15) is 5.60 Å². The topological polar surface area (TPSA) is 89.5 Å². The number of nitrogens with one attached hydrogen (secondary N) is 2. The number of aromatic nitrogens is 1. The Morgan fingerprint density at radius 3 is 2.43 bits per heavy atom. The van der Waals surface area contributed by atoms with E-state index in [1.54, 1.807) is 11.3 Å². The molecule has 0 aliphatic heterocycles. The number of hydrogen-bond acceptors (Lipinski definition) is 7. The van der Waals surface area contributed by atoms with Crippen molar-refractivity contribution >= 4 is 41.0 Å². The monoisotopic (exact) mass is 545 g/mol. The number of carbonyl (C=O) groups excluding carboxylic acids is 2. The van der Waals surface area contributed by atoms with E-state index in [1.807, 2.05) is 58.6 Å². The zero-order chi connectivity index (χ0) is 26.6. The van der Waals surface area contributed by atoms with Crippen molar-refractivity contribution in [2.45, 2.75) is 113 Å². The highest BCUT2D eigenvalue weighted by molar-refractivity contribution is 8.00.